The minimum absolute atomic E-state index is 0.0598. The molecule has 3 N–H and O–H groups in total. The molecule has 0 radical (unpaired) electrons. The fourth-order valence-corrected chi connectivity index (χ4v) is 1.77. The van der Waals surface area contributed by atoms with E-state index in [0.717, 1.165) is 11.1 Å². The van der Waals surface area contributed by atoms with Gasteiger partial charge in [-0.2, -0.15) is 0 Å². The number of ether oxygens (including phenoxy) is 2. The van der Waals surface area contributed by atoms with Crippen molar-refractivity contribution in [3.8, 4) is 0 Å². The predicted molar refractivity (Wildman–Crippen MR) is 82.0 cm³/mol. The number of hydrogen-bond acceptors (Lipinski definition) is 5. The molecule has 0 aromatic heterocycles. The van der Waals surface area contributed by atoms with Gasteiger partial charge in [-0.15, -0.1) is 0 Å². The molecule has 1 unspecified atom stereocenters. The van der Waals surface area contributed by atoms with Gasteiger partial charge >= 0.3 is 0 Å². The van der Waals surface area contributed by atoms with Gasteiger partial charge in [-0.3, -0.25) is 0 Å². The Hall–Kier alpha value is -0.980. The van der Waals surface area contributed by atoms with E-state index in [2.05, 4.69) is 5.32 Å². The molecule has 0 amide bonds. The van der Waals surface area contributed by atoms with Crippen molar-refractivity contribution in [2.75, 3.05) is 26.4 Å². The maximum Gasteiger partial charge on any atom is 0.0897 e. The average Bonchev–Trinajstić information content (AvgIpc) is 2.47. The van der Waals surface area contributed by atoms with Crippen molar-refractivity contribution in [1.82, 2.24) is 5.32 Å². The van der Waals surface area contributed by atoms with E-state index in [1.54, 1.807) is 0 Å². The summed E-state index contributed by atoms with van der Waals surface area (Å²) < 4.78 is 10.7. The van der Waals surface area contributed by atoms with Gasteiger partial charge in [0.15, 0.2) is 0 Å². The third-order valence-electron chi connectivity index (χ3n) is 2.90. The molecule has 0 saturated heterocycles. The van der Waals surface area contributed by atoms with Gasteiger partial charge in [0, 0.05) is 13.1 Å². The standard InChI is InChI=1S/C16H27NO4/c1-13(2)21-8-7-20-12-16(19)10-17-9-14-3-5-15(11-18)6-4-14/h3-6,13,16-19H,7-12H2,1-2H3. The summed E-state index contributed by atoms with van der Waals surface area (Å²) in [6.07, 6.45) is -0.321. The number of rotatable bonds is 11. The van der Waals surface area contributed by atoms with E-state index in [9.17, 15) is 5.11 Å². The maximum absolute atomic E-state index is 9.76. The number of aliphatic hydroxyl groups excluding tert-OH is 2. The van der Waals surface area contributed by atoms with Crippen molar-refractivity contribution in [2.24, 2.45) is 0 Å². The molecule has 0 heterocycles. The van der Waals surface area contributed by atoms with Crippen LogP contribution < -0.4 is 5.32 Å². The number of hydrogen-bond donors (Lipinski definition) is 3. The molecule has 1 aromatic carbocycles. The Labute approximate surface area is 126 Å². The Balaban J connectivity index is 2.05. The van der Waals surface area contributed by atoms with Gasteiger partial charge in [0.25, 0.3) is 0 Å². The van der Waals surface area contributed by atoms with E-state index in [1.807, 2.05) is 38.1 Å². The van der Waals surface area contributed by atoms with Crippen LogP contribution in [-0.2, 0) is 22.6 Å². The smallest absolute Gasteiger partial charge is 0.0897 e. The zero-order valence-electron chi connectivity index (χ0n) is 12.9. The molecule has 0 spiro atoms. The summed E-state index contributed by atoms with van der Waals surface area (Å²) in [5.41, 5.74) is 2.02. The highest BCUT2D eigenvalue weighted by molar-refractivity contribution is 5.21. The summed E-state index contributed by atoms with van der Waals surface area (Å²) in [6.45, 7) is 6.53. The molecule has 5 heteroatoms. The first-order valence-corrected chi connectivity index (χ1v) is 7.38. The molecule has 0 saturated carbocycles. The van der Waals surface area contributed by atoms with Crippen molar-refractivity contribution in [2.45, 2.75) is 39.2 Å². The third kappa shape index (κ3) is 8.80. The third-order valence-corrected chi connectivity index (χ3v) is 2.90. The van der Waals surface area contributed by atoms with Crippen LogP contribution in [0.25, 0.3) is 0 Å². The second-order valence-corrected chi connectivity index (χ2v) is 5.25. The Morgan fingerprint density at radius 3 is 2.38 bits per heavy atom. The largest absolute Gasteiger partial charge is 0.392 e. The normalized spacial score (nSPS) is 12.8. The molecule has 0 fully saturated rings. The highest BCUT2D eigenvalue weighted by Gasteiger charge is 2.04. The molecule has 0 aliphatic carbocycles. The van der Waals surface area contributed by atoms with Crippen molar-refractivity contribution < 1.29 is 19.7 Å². The van der Waals surface area contributed by atoms with Gasteiger partial charge in [0.1, 0.15) is 0 Å². The second-order valence-electron chi connectivity index (χ2n) is 5.25. The molecule has 5 nitrogen and oxygen atoms in total. The molecule has 1 aromatic rings. The molecule has 1 rings (SSSR count). The quantitative estimate of drug-likeness (QED) is 0.533. The molecule has 1 atom stereocenters. The van der Waals surface area contributed by atoms with E-state index >= 15 is 0 Å². The van der Waals surface area contributed by atoms with E-state index < -0.39 is 6.10 Å². The number of nitrogens with one attached hydrogen (secondary N) is 1. The van der Waals surface area contributed by atoms with Gasteiger partial charge in [-0.25, -0.2) is 0 Å². The van der Waals surface area contributed by atoms with Gasteiger partial charge in [0.2, 0.25) is 0 Å². The van der Waals surface area contributed by atoms with Crippen LogP contribution in [0.1, 0.15) is 25.0 Å². The van der Waals surface area contributed by atoms with Crippen LogP contribution >= 0.6 is 0 Å². The molecular formula is C16H27NO4. The van der Waals surface area contributed by atoms with E-state index in [1.165, 1.54) is 0 Å². The fourth-order valence-electron chi connectivity index (χ4n) is 1.77. The van der Waals surface area contributed by atoms with Crippen LogP contribution in [0, 0.1) is 0 Å². The second kappa shape index (κ2) is 10.7. The molecule has 0 bridgehead atoms. The van der Waals surface area contributed by atoms with Gasteiger partial charge in [-0.1, -0.05) is 24.3 Å². The Morgan fingerprint density at radius 1 is 1.10 bits per heavy atom. The van der Waals surface area contributed by atoms with E-state index in [-0.39, 0.29) is 12.7 Å². The van der Waals surface area contributed by atoms with Crippen LogP contribution in [0.15, 0.2) is 24.3 Å². The molecule has 0 aliphatic rings. The van der Waals surface area contributed by atoms with E-state index in [4.69, 9.17) is 14.6 Å². The zero-order chi connectivity index (χ0) is 15.5. The predicted octanol–water partition coefficient (Wildman–Crippen LogP) is 1.07. The first-order chi connectivity index (χ1) is 10.1. The highest BCUT2D eigenvalue weighted by atomic mass is 16.5. The summed E-state index contributed by atoms with van der Waals surface area (Å²) in [7, 11) is 0. The van der Waals surface area contributed by atoms with Crippen LogP contribution in [0.2, 0.25) is 0 Å². The summed E-state index contributed by atoms with van der Waals surface area (Å²) in [5.74, 6) is 0. The maximum atomic E-state index is 9.76. The first kappa shape index (κ1) is 18.1. The average molecular weight is 297 g/mol. The topological polar surface area (TPSA) is 71.0 Å². The van der Waals surface area contributed by atoms with Crippen molar-refractivity contribution in [3.63, 3.8) is 0 Å². The SMILES string of the molecule is CC(C)OCCOCC(O)CNCc1ccc(CO)cc1. The highest BCUT2D eigenvalue weighted by Crippen LogP contribution is 2.03. The Kier molecular flexibility index (Phi) is 9.21. The molecule has 120 valence electrons. The summed E-state index contributed by atoms with van der Waals surface area (Å²) >= 11 is 0. The van der Waals surface area contributed by atoms with Crippen molar-refractivity contribution in [1.29, 1.82) is 0 Å². The number of benzene rings is 1. The minimum Gasteiger partial charge on any atom is -0.392 e. The molecular weight excluding hydrogens is 270 g/mol. The first-order valence-electron chi connectivity index (χ1n) is 7.38. The van der Waals surface area contributed by atoms with Crippen molar-refractivity contribution >= 4 is 0 Å². The lowest BCUT2D eigenvalue weighted by Crippen LogP contribution is -2.30. The summed E-state index contributed by atoms with van der Waals surface area (Å²) in [5, 5.41) is 21.9. The van der Waals surface area contributed by atoms with Gasteiger partial charge in [0.05, 0.1) is 38.6 Å². The van der Waals surface area contributed by atoms with E-state index in [0.29, 0.717) is 32.9 Å². The van der Waals surface area contributed by atoms with Crippen LogP contribution in [0.5, 0.6) is 0 Å². The lowest BCUT2D eigenvalue weighted by atomic mass is 10.1. The van der Waals surface area contributed by atoms with Gasteiger partial charge in [-0.05, 0) is 25.0 Å². The van der Waals surface area contributed by atoms with Crippen LogP contribution in [0.4, 0.5) is 0 Å². The lowest BCUT2D eigenvalue weighted by molar-refractivity contribution is -0.0100. The Morgan fingerprint density at radius 2 is 1.76 bits per heavy atom. The zero-order valence-corrected chi connectivity index (χ0v) is 12.9. The Bertz CT molecular complexity index is 367. The monoisotopic (exact) mass is 297 g/mol. The van der Waals surface area contributed by atoms with Crippen LogP contribution in [-0.4, -0.2) is 48.8 Å². The summed E-state index contributed by atoms with van der Waals surface area (Å²) in [6, 6.07) is 7.71. The fraction of sp³-hybridized carbons (Fsp3) is 0.625. The summed E-state index contributed by atoms with van der Waals surface area (Å²) in [4.78, 5) is 0. The van der Waals surface area contributed by atoms with Crippen molar-refractivity contribution in [3.05, 3.63) is 35.4 Å². The van der Waals surface area contributed by atoms with Crippen LogP contribution in [0.3, 0.4) is 0 Å². The molecule has 21 heavy (non-hydrogen) atoms. The lowest BCUT2D eigenvalue weighted by Gasteiger charge is -2.13. The molecule has 0 aliphatic heterocycles. The number of aliphatic hydroxyl groups is 2. The van der Waals surface area contributed by atoms with Gasteiger partial charge < -0.3 is 25.0 Å². The minimum atomic E-state index is -0.527.